The molecule has 20 heavy (non-hydrogen) atoms. The number of hydrogen-bond acceptors (Lipinski definition) is 3. The summed E-state index contributed by atoms with van der Waals surface area (Å²) >= 11 is 0. The monoisotopic (exact) mass is 276 g/mol. The van der Waals surface area contributed by atoms with E-state index >= 15 is 0 Å². The predicted octanol–water partition coefficient (Wildman–Crippen LogP) is 4.16. The fourth-order valence-electron chi connectivity index (χ4n) is 1.97. The molecule has 1 rings (SSSR count). The van der Waals surface area contributed by atoms with Crippen LogP contribution >= 0.6 is 0 Å². The Balaban J connectivity index is 2.29. The Kier molecular flexibility index (Phi) is 7.63. The molecule has 0 radical (unpaired) electrons. The van der Waals surface area contributed by atoms with Crippen LogP contribution in [0.1, 0.15) is 62.7 Å². The molecule has 0 fully saturated rings. The maximum Gasteiger partial charge on any atom is 0.338 e. The maximum atomic E-state index is 11.9. The molecule has 1 aromatic carbocycles. The van der Waals surface area contributed by atoms with Crippen molar-refractivity contribution in [2.45, 2.75) is 58.5 Å². The van der Waals surface area contributed by atoms with Crippen LogP contribution in [0.25, 0.3) is 0 Å². The van der Waals surface area contributed by atoms with E-state index < -0.39 is 12.1 Å². The van der Waals surface area contributed by atoms with E-state index in [9.17, 15) is 9.59 Å². The smallest absolute Gasteiger partial charge is 0.338 e. The molecule has 110 valence electrons. The number of hydrogen-bond donors (Lipinski definition) is 0. The van der Waals surface area contributed by atoms with Gasteiger partial charge in [-0.1, -0.05) is 50.8 Å². The summed E-state index contributed by atoms with van der Waals surface area (Å²) in [6, 6.07) is 8.75. The third-order valence-corrected chi connectivity index (χ3v) is 3.27. The number of carbonyl (C=O) groups excluding carboxylic acids is 2. The summed E-state index contributed by atoms with van der Waals surface area (Å²) in [4.78, 5) is 23.7. The molecular weight excluding hydrogens is 252 g/mol. The molecule has 0 saturated heterocycles. The molecule has 1 aromatic rings. The Hall–Kier alpha value is -1.64. The van der Waals surface area contributed by atoms with Gasteiger partial charge in [0.15, 0.2) is 11.9 Å². The molecule has 0 amide bonds. The third-order valence-electron chi connectivity index (χ3n) is 3.27. The molecule has 0 aliphatic rings. The highest BCUT2D eigenvalue weighted by atomic mass is 16.5. The fourth-order valence-corrected chi connectivity index (χ4v) is 1.97. The SMILES string of the molecule is CCCCCCCC(=O)[C@@H](C)OC(=O)c1ccccc1. The first-order chi connectivity index (χ1) is 9.65. The Bertz CT molecular complexity index is 412. The van der Waals surface area contributed by atoms with Crippen molar-refractivity contribution in [2.75, 3.05) is 0 Å². The summed E-state index contributed by atoms with van der Waals surface area (Å²) in [5.41, 5.74) is 0.482. The van der Waals surface area contributed by atoms with Gasteiger partial charge >= 0.3 is 5.97 Å². The first-order valence-corrected chi connectivity index (χ1v) is 7.44. The lowest BCUT2D eigenvalue weighted by Crippen LogP contribution is -2.24. The number of unbranched alkanes of at least 4 members (excludes halogenated alkanes) is 4. The van der Waals surface area contributed by atoms with Gasteiger partial charge in [0.1, 0.15) is 0 Å². The summed E-state index contributed by atoms with van der Waals surface area (Å²) in [6.07, 6.45) is 5.36. The van der Waals surface area contributed by atoms with Crippen LogP contribution in [0.4, 0.5) is 0 Å². The Labute approximate surface area is 121 Å². The number of carbonyl (C=O) groups is 2. The van der Waals surface area contributed by atoms with Crippen molar-refractivity contribution >= 4 is 11.8 Å². The molecule has 0 bridgehead atoms. The quantitative estimate of drug-likeness (QED) is 0.502. The van der Waals surface area contributed by atoms with E-state index in [0.717, 1.165) is 12.8 Å². The van der Waals surface area contributed by atoms with Crippen LogP contribution in [0.5, 0.6) is 0 Å². The number of rotatable bonds is 9. The lowest BCUT2D eigenvalue weighted by molar-refractivity contribution is -0.127. The summed E-state index contributed by atoms with van der Waals surface area (Å²) in [6.45, 7) is 3.81. The van der Waals surface area contributed by atoms with E-state index in [1.807, 2.05) is 6.07 Å². The van der Waals surface area contributed by atoms with Gasteiger partial charge in [-0.15, -0.1) is 0 Å². The van der Waals surface area contributed by atoms with Gasteiger partial charge in [-0.2, -0.15) is 0 Å². The highest BCUT2D eigenvalue weighted by Crippen LogP contribution is 2.09. The Morgan fingerprint density at radius 1 is 1.05 bits per heavy atom. The zero-order valence-electron chi connectivity index (χ0n) is 12.4. The van der Waals surface area contributed by atoms with Gasteiger partial charge in [0.05, 0.1) is 5.56 Å². The van der Waals surface area contributed by atoms with Crippen molar-refractivity contribution in [1.29, 1.82) is 0 Å². The summed E-state index contributed by atoms with van der Waals surface area (Å²) < 4.78 is 5.19. The molecule has 0 aliphatic heterocycles. The average Bonchev–Trinajstić information content (AvgIpc) is 2.47. The fraction of sp³-hybridized carbons (Fsp3) is 0.529. The molecule has 3 nitrogen and oxygen atoms in total. The van der Waals surface area contributed by atoms with Gasteiger partial charge in [-0.05, 0) is 25.5 Å². The number of benzene rings is 1. The predicted molar refractivity (Wildman–Crippen MR) is 79.7 cm³/mol. The molecule has 0 aromatic heterocycles. The lowest BCUT2D eigenvalue weighted by Gasteiger charge is -2.12. The second-order valence-electron chi connectivity index (χ2n) is 5.04. The molecule has 0 N–H and O–H groups in total. The highest BCUT2D eigenvalue weighted by Gasteiger charge is 2.18. The number of Topliss-reactive ketones (excluding diaryl/α,β-unsaturated/α-hetero) is 1. The van der Waals surface area contributed by atoms with Crippen LogP contribution in [-0.2, 0) is 9.53 Å². The van der Waals surface area contributed by atoms with Gasteiger partial charge in [-0.3, -0.25) is 4.79 Å². The number of ketones is 1. The Morgan fingerprint density at radius 3 is 2.35 bits per heavy atom. The highest BCUT2D eigenvalue weighted by molar-refractivity contribution is 5.92. The average molecular weight is 276 g/mol. The van der Waals surface area contributed by atoms with Crippen molar-refractivity contribution in [3.05, 3.63) is 35.9 Å². The van der Waals surface area contributed by atoms with Crippen LogP contribution in [0.3, 0.4) is 0 Å². The topological polar surface area (TPSA) is 43.4 Å². The maximum absolute atomic E-state index is 11.9. The van der Waals surface area contributed by atoms with Gasteiger partial charge in [0.25, 0.3) is 0 Å². The van der Waals surface area contributed by atoms with Gasteiger partial charge in [-0.25, -0.2) is 4.79 Å². The summed E-state index contributed by atoms with van der Waals surface area (Å²) in [5.74, 6) is -0.428. The normalized spacial score (nSPS) is 11.9. The van der Waals surface area contributed by atoms with Gasteiger partial charge < -0.3 is 4.74 Å². The minimum Gasteiger partial charge on any atom is -0.451 e. The standard InChI is InChI=1S/C17H24O3/c1-3-4-5-6-10-13-16(18)14(2)20-17(19)15-11-8-7-9-12-15/h7-9,11-12,14H,3-6,10,13H2,1-2H3/t14-/m1/s1. The zero-order chi connectivity index (χ0) is 14.8. The number of esters is 1. The minimum atomic E-state index is -0.658. The van der Waals surface area contributed by atoms with Crippen molar-refractivity contribution in [2.24, 2.45) is 0 Å². The van der Waals surface area contributed by atoms with Crippen molar-refractivity contribution < 1.29 is 14.3 Å². The molecule has 3 heteroatoms. The van der Waals surface area contributed by atoms with E-state index in [0.29, 0.717) is 12.0 Å². The second-order valence-corrected chi connectivity index (χ2v) is 5.04. The second kappa shape index (κ2) is 9.29. The van der Waals surface area contributed by atoms with E-state index in [-0.39, 0.29) is 5.78 Å². The molecular formula is C17H24O3. The number of ether oxygens (including phenoxy) is 1. The van der Waals surface area contributed by atoms with E-state index in [4.69, 9.17) is 4.74 Å². The minimum absolute atomic E-state index is 0.00535. The Morgan fingerprint density at radius 2 is 1.70 bits per heavy atom. The molecule has 0 heterocycles. The molecule has 0 aliphatic carbocycles. The van der Waals surface area contributed by atoms with Gasteiger partial charge in [0, 0.05) is 6.42 Å². The first kappa shape index (κ1) is 16.4. The van der Waals surface area contributed by atoms with Crippen LogP contribution < -0.4 is 0 Å². The summed E-state index contributed by atoms with van der Waals surface area (Å²) in [7, 11) is 0. The van der Waals surface area contributed by atoms with Crippen molar-refractivity contribution in [1.82, 2.24) is 0 Å². The van der Waals surface area contributed by atoms with Gasteiger partial charge in [0.2, 0.25) is 0 Å². The van der Waals surface area contributed by atoms with E-state index in [1.165, 1.54) is 19.3 Å². The van der Waals surface area contributed by atoms with E-state index in [2.05, 4.69) is 6.92 Å². The lowest BCUT2D eigenvalue weighted by atomic mass is 10.1. The molecule has 0 saturated carbocycles. The molecule has 0 unspecified atom stereocenters. The van der Waals surface area contributed by atoms with Crippen LogP contribution in [0.2, 0.25) is 0 Å². The summed E-state index contributed by atoms with van der Waals surface area (Å²) in [5, 5.41) is 0. The largest absolute Gasteiger partial charge is 0.451 e. The molecule has 1 atom stereocenters. The van der Waals surface area contributed by atoms with Crippen LogP contribution in [0.15, 0.2) is 30.3 Å². The zero-order valence-corrected chi connectivity index (χ0v) is 12.4. The first-order valence-electron chi connectivity index (χ1n) is 7.44. The third kappa shape index (κ3) is 6.00. The van der Waals surface area contributed by atoms with Crippen LogP contribution in [-0.4, -0.2) is 17.9 Å². The van der Waals surface area contributed by atoms with E-state index in [1.54, 1.807) is 31.2 Å². The molecule has 0 spiro atoms. The van der Waals surface area contributed by atoms with Crippen LogP contribution in [0, 0.1) is 0 Å². The van der Waals surface area contributed by atoms with Crippen molar-refractivity contribution in [3.8, 4) is 0 Å². The van der Waals surface area contributed by atoms with Crippen molar-refractivity contribution in [3.63, 3.8) is 0 Å².